The third kappa shape index (κ3) is 6.60. The first kappa shape index (κ1) is 27.8. The van der Waals surface area contributed by atoms with Crippen molar-refractivity contribution in [3.63, 3.8) is 0 Å². The van der Waals surface area contributed by atoms with E-state index in [-0.39, 0.29) is 28.8 Å². The van der Waals surface area contributed by atoms with Crippen LogP contribution in [0.5, 0.6) is 17.2 Å². The molecule has 5 N–H and O–H groups in total. The number of ether oxygens (including phenoxy) is 4. The number of carbonyl (C=O) groups excluding carboxylic acids is 1. The number of hydrogen-bond acceptors (Lipinski definition) is 11. The maximum atomic E-state index is 12.9. The zero-order valence-electron chi connectivity index (χ0n) is 22.0. The Hall–Kier alpha value is -5.24. The average Bonchev–Trinajstić information content (AvgIpc) is 3.32. The number of methoxy groups -OCH3 is 2. The van der Waals surface area contributed by atoms with Gasteiger partial charge in [0.1, 0.15) is 35.7 Å². The molecule has 0 amide bonds. The molecule has 0 aliphatic heterocycles. The fraction of sp³-hybridized carbons (Fsp3) is 0.231. The molecular formula is C26H28N8O6. The van der Waals surface area contributed by atoms with Gasteiger partial charge in [0, 0.05) is 38.1 Å². The molecule has 1 atom stereocenters. The van der Waals surface area contributed by atoms with Crippen molar-refractivity contribution in [2.45, 2.75) is 13.0 Å². The summed E-state index contributed by atoms with van der Waals surface area (Å²) in [4.78, 5) is 27.4. The minimum atomic E-state index is -0.765. The van der Waals surface area contributed by atoms with Crippen LogP contribution in [-0.2, 0) is 9.53 Å². The van der Waals surface area contributed by atoms with Crippen LogP contribution < -0.4 is 31.0 Å². The van der Waals surface area contributed by atoms with E-state index in [0.29, 0.717) is 36.0 Å². The van der Waals surface area contributed by atoms with Crippen molar-refractivity contribution >= 4 is 17.5 Å². The second kappa shape index (κ2) is 12.5. The Balaban J connectivity index is 1.82. The van der Waals surface area contributed by atoms with Gasteiger partial charge in [-0.25, -0.2) is 4.79 Å². The van der Waals surface area contributed by atoms with Crippen LogP contribution in [-0.4, -0.2) is 64.2 Å². The van der Waals surface area contributed by atoms with Gasteiger partial charge in [-0.15, -0.1) is 10.2 Å². The van der Waals surface area contributed by atoms with Crippen LogP contribution in [0.15, 0.2) is 59.5 Å². The van der Waals surface area contributed by atoms with Crippen LogP contribution in [0.1, 0.15) is 29.9 Å². The van der Waals surface area contributed by atoms with Gasteiger partial charge in [-0.1, -0.05) is 0 Å². The molecule has 4 aromatic rings. The van der Waals surface area contributed by atoms with Crippen molar-refractivity contribution in [2.24, 2.45) is 5.73 Å². The zero-order valence-corrected chi connectivity index (χ0v) is 22.0. The number of nitrogens with one attached hydrogen (secondary N) is 3. The minimum absolute atomic E-state index is 0.0940. The number of amidine groups is 1. The maximum Gasteiger partial charge on any atom is 0.349 e. The highest BCUT2D eigenvalue weighted by atomic mass is 16.5. The van der Waals surface area contributed by atoms with Gasteiger partial charge in [-0.3, -0.25) is 15.2 Å². The molecule has 2 aromatic carbocycles. The second-order valence-electron chi connectivity index (χ2n) is 8.39. The second-order valence-corrected chi connectivity index (χ2v) is 8.39. The van der Waals surface area contributed by atoms with E-state index >= 15 is 0 Å². The van der Waals surface area contributed by atoms with E-state index in [1.165, 1.54) is 26.3 Å². The lowest BCUT2D eigenvalue weighted by Crippen LogP contribution is -2.17. The summed E-state index contributed by atoms with van der Waals surface area (Å²) in [5.41, 5.74) is 6.48. The largest absolute Gasteiger partial charge is 0.497 e. The van der Waals surface area contributed by atoms with Gasteiger partial charge in [-0.05, 0) is 42.0 Å². The number of H-pyrrole nitrogens is 1. The normalized spacial score (nSPS) is 11.5. The number of nitrogen functional groups attached to an aromatic ring is 1. The van der Waals surface area contributed by atoms with Crippen LogP contribution >= 0.6 is 0 Å². The van der Waals surface area contributed by atoms with E-state index in [9.17, 15) is 9.59 Å². The monoisotopic (exact) mass is 548 g/mol. The molecule has 0 fully saturated rings. The molecule has 0 radical (unpaired) electrons. The molecule has 1 unspecified atom stereocenters. The molecule has 0 spiro atoms. The quantitative estimate of drug-likeness (QED) is 0.0663. The molecule has 14 nitrogen and oxygen atoms in total. The molecule has 2 heterocycles. The topological polar surface area (TPSA) is 192 Å². The highest BCUT2D eigenvalue weighted by molar-refractivity contribution is 5.98. The summed E-state index contributed by atoms with van der Waals surface area (Å²) < 4.78 is 22.8. The highest BCUT2D eigenvalue weighted by Crippen LogP contribution is 2.33. The first-order chi connectivity index (χ1) is 19.3. The number of nitrogens with zero attached hydrogens (tertiary/aromatic N) is 4. The predicted octanol–water partition coefficient (Wildman–Crippen LogP) is 1.80. The van der Waals surface area contributed by atoms with E-state index < -0.39 is 17.7 Å². The maximum absolute atomic E-state index is 12.9. The van der Waals surface area contributed by atoms with E-state index in [1.807, 2.05) is 0 Å². The number of aromatic nitrogens is 5. The molecule has 2 aromatic heterocycles. The summed E-state index contributed by atoms with van der Waals surface area (Å²) >= 11 is 0. The van der Waals surface area contributed by atoms with Crippen molar-refractivity contribution in [2.75, 3.05) is 32.8 Å². The van der Waals surface area contributed by atoms with Gasteiger partial charge in [0.2, 0.25) is 0 Å². The lowest BCUT2D eigenvalue weighted by atomic mass is 10.0. The molecule has 40 heavy (non-hydrogen) atoms. The van der Waals surface area contributed by atoms with Gasteiger partial charge in [-0.2, -0.15) is 9.78 Å². The number of aromatic amines is 1. The van der Waals surface area contributed by atoms with Crippen LogP contribution in [0.2, 0.25) is 0 Å². The zero-order chi connectivity index (χ0) is 28.6. The fourth-order valence-electron chi connectivity index (χ4n) is 3.79. The van der Waals surface area contributed by atoms with Gasteiger partial charge in [0.25, 0.3) is 0 Å². The lowest BCUT2D eigenvalue weighted by molar-refractivity contribution is -0.131. The summed E-state index contributed by atoms with van der Waals surface area (Å²) in [5, 5.41) is 23.4. The number of carbonyl (C=O) groups is 1. The summed E-state index contributed by atoms with van der Waals surface area (Å²) in [7, 11) is 3.10. The molecule has 0 saturated carbocycles. The molecule has 0 aliphatic carbocycles. The Labute approximate surface area is 228 Å². The van der Waals surface area contributed by atoms with E-state index in [0.717, 1.165) is 4.68 Å². The van der Waals surface area contributed by atoms with Crippen LogP contribution in [0.3, 0.4) is 0 Å². The number of rotatable bonds is 12. The number of esters is 1. The third-order valence-electron chi connectivity index (χ3n) is 5.55. The predicted molar refractivity (Wildman–Crippen MR) is 144 cm³/mol. The Morgan fingerprint density at radius 1 is 1.15 bits per heavy atom. The van der Waals surface area contributed by atoms with E-state index in [4.69, 9.17) is 30.1 Å². The molecule has 14 heteroatoms. The lowest BCUT2D eigenvalue weighted by Gasteiger charge is -2.21. The standard InChI is InChI=1S/C26H28N8O6/c1-15(35)40-21-13-17(6-7-20(21)24(27)28)30-23(16-11-18(38-3)14-19(12-16)39-10-9-37-2)25-31-26(36)34(33-25)22-5-4-8-29-32-22/h4-8,11-14,23,30H,9-10H2,1-3H3,(H3,27,28)(H,31,33,36). The van der Waals surface area contributed by atoms with Crippen molar-refractivity contribution in [3.8, 4) is 23.1 Å². The number of anilines is 1. The fourth-order valence-corrected chi connectivity index (χ4v) is 3.79. The van der Waals surface area contributed by atoms with Gasteiger partial charge >= 0.3 is 11.7 Å². The van der Waals surface area contributed by atoms with Gasteiger partial charge < -0.3 is 30.0 Å². The summed E-state index contributed by atoms with van der Waals surface area (Å²) in [5.74, 6) is 0.714. The van der Waals surface area contributed by atoms with Crippen LogP contribution in [0.25, 0.3) is 5.82 Å². The smallest absolute Gasteiger partial charge is 0.349 e. The Kier molecular flexibility index (Phi) is 8.71. The number of benzene rings is 2. The van der Waals surface area contributed by atoms with Crippen molar-refractivity contribution in [1.82, 2.24) is 25.0 Å². The molecule has 0 saturated heterocycles. The Morgan fingerprint density at radius 3 is 2.62 bits per heavy atom. The SMILES string of the molecule is COCCOc1cc(OC)cc(C(Nc2ccc(C(=N)N)c(OC(C)=O)c2)c2nn(-c3cccnn3)c(=O)[nH]2)c1. The van der Waals surface area contributed by atoms with Gasteiger partial charge in [0.15, 0.2) is 11.6 Å². The minimum Gasteiger partial charge on any atom is -0.497 e. The Bertz CT molecular complexity index is 1550. The average molecular weight is 549 g/mol. The summed E-state index contributed by atoms with van der Waals surface area (Å²) in [6.45, 7) is 1.93. The molecule has 208 valence electrons. The van der Waals surface area contributed by atoms with Crippen molar-refractivity contribution in [3.05, 3.63) is 82.2 Å². The van der Waals surface area contributed by atoms with Crippen molar-refractivity contribution in [1.29, 1.82) is 5.41 Å². The molecule has 0 bridgehead atoms. The molecule has 4 rings (SSSR count). The summed E-state index contributed by atoms with van der Waals surface area (Å²) in [6, 6.07) is 12.5. The number of nitrogens with two attached hydrogens (primary N) is 1. The number of hydrogen-bond donors (Lipinski definition) is 4. The van der Waals surface area contributed by atoms with E-state index in [2.05, 4.69) is 25.6 Å². The highest BCUT2D eigenvalue weighted by Gasteiger charge is 2.23. The third-order valence-corrected chi connectivity index (χ3v) is 5.55. The summed E-state index contributed by atoms with van der Waals surface area (Å²) in [6.07, 6.45) is 1.49. The first-order valence-electron chi connectivity index (χ1n) is 12.0. The Morgan fingerprint density at radius 2 is 1.95 bits per heavy atom. The molecular weight excluding hydrogens is 520 g/mol. The van der Waals surface area contributed by atoms with Gasteiger partial charge in [0.05, 0.1) is 19.3 Å². The van der Waals surface area contributed by atoms with Crippen LogP contribution in [0, 0.1) is 5.41 Å². The molecule has 0 aliphatic rings. The first-order valence-corrected chi connectivity index (χ1v) is 12.0. The van der Waals surface area contributed by atoms with Crippen molar-refractivity contribution < 1.29 is 23.7 Å². The van der Waals surface area contributed by atoms with Crippen LogP contribution in [0.4, 0.5) is 5.69 Å². The van der Waals surface area contributed by atoms with E-state index in [1.54, 1.807) is 49.6 Å².